The molecule has 2 aromatic rings. The molecule has 0 bridgehead atoms. The van der Waals surface area contributed by atoms with Gasteiger partial charge >= 0.3 is 0 Å². The van der Waals surface area contributed by atoms with Crippen molar-refractivity contribution >= 4 is 50.1 Å². The monoisotopic (exact) mass is 449 g/mol. The van der Waals surface area contributed by atoms with Gasteiger partial charge in [-0.1, -0.05) is 0 Å². The minimum absolute atomic E-state index is 0.165. The van der Waals surface area contributed by atoms with Crippen LogP contribution in [-0.4, -0.2) is 29.4 Å². The Morgan fingerprint density at radius 3 is 3.10 bits per heavy atom. The third-order valence-electron chi connectivity index (χ3n) is 2.59. The second-order valence-electron chi connectivity index (χ2n) is 4.06. The number of carbonyl (C=O) groups is 1. The summed E-state index contributed by atoms with van der Waals surface area (Å²) >= 11 is 5.56. The standard InChI is InChI=1S/C13H13BrIN3O2/c1-20-5-4-18-8-10(7-16-18)17-13(19)11-6-9(15)2-3-12(11)14/h2-3,6-8H,4-5H2,1H3,(H,17,19). The Balaban J connectivity index is 2.07. The molecule has 106 valence electrons. The molecule has 2 rings (SSSR count). The van der Waals surface area contributed by atoms with Crippen LogP contribution in [0.4, 0.5) is 5.69 Å². The number of rotatable bonds is 5. The first kappa shape index (κ1) is 15.5. The van der Waals surface area contributed by atoms with E-state index in [1.165, 1.54) is 0 Å². The van der Waals surface area contributed by atoms with Gasteiger partial charge in [0.25, 0.3) is 5.91 Å². The first-order chi connectivity index (χ1) is 9.60. The fraction of sp³-hybridized carbons (Fsp3) is 0.231. The summed E-state index contributed by atoms with van der Waals surface area (Å²) in [5.41, 5.74) is 1.26. The molecule has 0 aliphatic rings. The molecule has 1 aromatic carbocycles. The second-order valence-corrected chi connectivity index (χ2v) is 6.16. The maximum Gasteiger partial charge on any atom is 0.256 e. The summed E-state index contributed by atoms with van der Waals surface area (Å²) < 4.78 is 8.48. The molecule has 1 N–H and O–H groups in total. The molecule has 0 unspecified atom stereocenters. The highest BCUT2D eigenvalue weighted by Gasteiger charge is 2.11. The lowest BCUT2D eigenvalue weighted by atomic mass is 10.2. The molecule has 0 radical (unpaired) electrons. The Morgan fingerprint density at radius 1 is 1.55 bits per heavy atom. The molecule has 20 heavy (non-hydrogen) atoms. The van der Waals surface area contributed by atoms with Gasteiger partial charge in [0, 0.05) is 21.3 Å². The summed E-state index contributed by atoms with van der Waals surface area (Å²) in [6.45, 7) is 1.23. The lowest BCUT2D eigenvalue weighted by Gasteiger charge is -2.05. The molecule has 5 nitrogen and oxygen atoms in total. The second kappa shape index (κ2) is 7.19. The van der Waals surface area contributed by atoms with E-state index in [0.717, 1.165) is 8.04 Å². The Bertz CT molecular complexity index is 615. The molecule has 0 atom stereocenters. The molecule has 1 amide bonds. The van der Waals surface area contributed by atoms with Crippen molar-refractivity contribution in [1.29, 1.82) is 0 Å². The average molecular weight is 450 g/mol. The van der Waals surface area contributed by atoms with Crippen LogP contribution in [0.2, 0.25) is 0 Å². The molecule has 1 heterocycles. The van der Waals surface area contributed by atoms with Gasteiger partial charge in [0.1, 0.15) is 0 Å². The van der Waals surface area contributed by atoms with E-state index >= 15 is 0 Å². The van der Waals surface area contributed by atoms with Crippen LogP contribution in [0.5, 0.6) is 0 Å². The highest BCUT2D eigenvalue weighted by Crippen LogP contribution is 2.20. The maximum absolute atomic E-state index is 12.2. The van der Waals surface area contributed by atoms with E-state index in [4.69, 9.17) is 4.74 Å². The number of halogens is 2. The van der Waals surface area contributed by atoms with Crippen LogP contribution >= 0.6 is 38.5 Å². The van der Waals surface area contributed by atoms with Crippen molar-refractivity contribution in [3.8, 4) is 0 Å². The SMILES string of the molecule is COCCn1cc(NC(=O)c2cc(I)ccc2Br)cn1. The van der Waals surface area contributed by atoms with Gasteiger partial charge in [0.05, 0.1) is 30.6 Å². The number of benzene rings is 1. The van der Waals surface area contributed by atoms with Crippen LogP contribution in [0.25, 0.3) is 0 Å². The van der Waals surface area contributed by atoms with Crippen molar-refractivity contribution in [2.24, 2.45) is 0 Å². The Kier molecular flexibility index (Phi) is 5.55. The first-order valence-corrected chi connectivity index (χ1v) is 7.75. The molecule has 0 aliphatic heterocycles. The van der Waals surface area contributed by atoms with Gasteiger partial charge in [0.2, 0.25) is 0 Å². The maximum atomic E-state index is 12.2. The number of nitrogens with zero attached hydrogens (tertiary/aromatic N) is 2. The lowest BCUT2D eigenvalue weighted by molar-refractivity contribution is 0.102. The molecule has 0 saturated carbocycles. The van der Waals surface area contributed by atoms with Gasteiger partial charge in [-0.25, -0.2) is 0 Å². The summed E-state index contributed by atoms with van der Waals surface area (Å²) in [6, 6.07) is 5.62. The number of nitrogens with one attached hydrogen (secondary N) is 1. The summed E-state index contributed by atoms with van der Waals surface area (Å²) in [7, 11) is 1.64. The summed E-state index contributed by atoms with van der Waals surface area (Å²) in [5, 5.41) is 6.98. The summed E-state index contributed by atoms with van der Waals surface area (Å²) in [6.07, 6.45) is 3.40. The van der Waals surface area contributed by atoms with Crippen LogP contribution in [0, 0.1) is 3.57 Å². The lowest BCUT2D eigenvalue weighted by Crippen LogP contribution is -2.12. The van der Waals surface area contributed by atoms with E-state index < -0.39 is 0 Å². The van der Waals surface area contributed by atoms with Crippen LogP contribution < -0.4 is 5.32 Å². The van der Waals surface area contributed by atoms with Gasteiger partial charge in [-0.2, -0.15) is 5.10 Å². The van der Waals surface area contributed by atoms with Crippen molar-refractivity contribution in [2.75, 3.05) is 19.0 Å². The van der Waals surface area contributed by atoms with E-state index in [2.05, 4.69) is 48.9 Å². The average Bonchev–Trinajstić information content (AvgIpc) is 2.86. The molecule has 1 aromatic heterocycles. The van der Waals surface area contributed by atoms with Crippen molar-refractivity contribution < 1.29 is 9.53 Å². The zero-order chi connectivity index (χ0) is 14.5. The predicted molar refractivity (Wildman–Crippen MR) is 88.9 cm³/mol. The highest BCUT2D eigenvalue weighted by molar-refractivity contribution is 14.1. The molecular formula is C13H13BrIN3O2. The number of amides is 1. The first-order valence-electron chi connectivity index (χ1n) is 5.88. The minimum Gasteiger partial charge on any atom is -0.383 e. The van der Waals surface area contributed by atoms with Gasteiger partial charge in [-0.3, -0.25) is 9.48 Å². The number of hydrogen-bond donors (Lipinski definition) is 1. The van der Waals surface area contributed by atoms with Crippen LogP contribution in [0.1, 0.15) is 10.4 Å². The Hall–Kier alpha value is -0.930. The predicted octanol–water partition coefficient (Wildman–Crippen LogP) is 3.15. The number of hydrogen-bond acceptors (Lipinski definition) is 3. The highest BCUT2D eigenvalue weighted by atomic mass is 127. The van der Waals surface area contributed by atoms with E-state index in [1.807, 2.05) is 18.2 Å². The third-order valence-corrected chi connectivity index (χ3v) is 3.95. The Labute approximate surface area is 139 Å². The molecule has 0 spiro atoms. The number of ether oxygens (including phenoxy) is 1. The van der Waals surface area contributed by atoms with Gasteiger partial charge in [-0.05, 0) is 56.7 Å². The minimum atomic E-state index is -0.165. The molecule has 0 aliphatic carbocycles. The largest absolute Gasteiger partial charge is 0.383 e. The van der Waals surface area contributed by atoms with E-state index in [0.29, 0.717) is 24.4 Å². The molecule has 7 heteroatoms. The fourth-order valence-corrected chi connectivity index (χ4v) is 2.52. The van der Waals surface area contributed by atoms with Crippen LogP contribution in [-0.2, 0) is 11.3 Å². The van der Waals surface area contributed by atoms with Crippen molar-refractivity contribution in [3.05, 3.63) is 44.2 Å². The van der Waals surface area contributed by atoms with Crippen molar-refractivity contribution in [1.82, 2.24) is 9.78 Å². The summed E-state index contributed by atoms with van der Waals surface area (Å²) in [4.78, 5) is 12.2. The number of aromatic nitrogens is 2. The topological polar surface area (TPSA) is 56.1 Å². The van der Waals surface area contributed by atoms with E-state index in [1.54, 1.807) is 24.2 Å². The number of carbonyl (C=O) groups excluding carboxylic acids is 1. The van der Waals surface area contributed by atoms with Crippen LogP contribution in [0.15, 0.2) is 35.1 Å². The third kappa shape index (κ3) is 4.03. The zero-order valence-corrected chi connectivity index (χ0v) is 14.5. The molecule has 0 fully saturated rings. The number of methoxy groups -OCH3 is 1. The normalized spacial score (nSPS) is 10.6. The van der Waals surface area contributed by atoms with Crippen molar-refractivity contribution in [3.63, 3.8) is 0 Å². The quantitative estimate of drug-likeness (QED) is 0.713. The van der Waals surface area contributed by atoms with Crippen LogP contribution in [0.3, 0.4) is 0 Å². The fourth-order valence-electron chi connectivity index (χ4n) is 1.61. The van der Waals surface area contributed by atoms with Crippen molar-refractivity contribution in [2.45, 2.75) is 6.54 Å². The van der Waals surface area contributed by atoms with E-state index in [-0.39, 0.29) is 5.91 Å². The van der Waals surface area contributed by atoms with Gasteiger partial charge < -0.3 is 10.1 Å². The van der Waals surface area contributed by atoms with Gasteiger partial charge in [0.15, 0.2) is 0 Å². The van der Waals surface area contributed by atoms with E-state index in [9.17, 15) is 4.79 Å². The smallest absolute Gasteiger partial charge is 0.256 e. The van der Waals surface area contributed by atoms with Gasteiger partial charge in [-0.15, -0.1) is 0 Å². The number of anilines is 1. The summed E-state index contributed by atoms with van der Waals surface area (Å²) in [5.74, 6) is -0.165. The molecular weight excluding hydrogens is 437 g/mol. The Morgan fingerprint density at radius 2 is 2.35 bits per heavy atom. The molecule has 0 saturated heterocycles. The zero-order valence-electron chi connectivity index (χ0n) is 10.8.